The molecule has 7 heavy (non-hydrogen) atoms. The lowest BCUT2D eigenvalue weighted by molar-refractivity contribution is 0.620. The van der Waals surface area contributed by atoms with Gasteiger partial charge in [-0.15, -0.1) is 0 Å². The van der Waals surface area contributed by atoms with E-state index in [1.807, 2.05) is 19.9 Å². The molecular formula is C7H11. The zero-order valence-corrected chi connectivity index (χ0v) is 4.94. The highest BCUT2D eigenvalue weighted by molar-refractivity contribution is 4.97. The van der Waals surface area contributed by atoms with E-state index in [0.29, 0.717) is 0 Å². The van der Waals surface area contributed by atoms with Crippen molar-refractivity contribution in [3.05, 3.63) is 26.0 Å². The molecule has 0 unspecified atom stereocenters. The fourth-order valence-corrected chi connectivity index (χ4v) is 0.260. The fourth-order valence-electron chi connectivity index (χ4n) is 0.260. The SMILES string of the molecule is [CH]C=CC([CH2])(C)C. The van der Waals surface area contributed by atoms with Crippen molar-refractivity contribution in [2.75, 3.05) is 0 Å². The van der Waals surface area contributed by atoms with E-state index in [0.717, 1.165) is 0 Å². The summed E-state index contributed by atoms with van der Waals surface area (Å²) in [5, 5.41) is 0. The summed E-state index contributed by atoms with van der Waals surface area (Å²) >= 11 is 0. The van der Waals surface area contributed by atoms with Crippen molar-refractivity contribution in [3.63, 3.8) is 0 Å². The molecule has 0 spiro atoms. The molecule has 0 heterocycles. The van der Waals surface area contributed by atoms with Gasteiger partial charge in [0.25, 0.3) is 0 Å². The van der Waals surface area contributed by atoms with Crippen LogP contribution in [0, 0.1) is 19.3 Å². The highest BCUT2D eigenvalue weighted by Crippen LogP contribution is 2.12. The molecule has 3 radical (unpaired) electrons. The second-order valence-corrected chi connectivity index (χ2v) is 2.35. The lowest BCUT2D eigenvalue weighted by Crippen LogP contribution is -1.97. The van der Waals surface area contributed by atoms with Crippen LogP contribution in [0.3, 0.4) is 0 Å². The third kappa shape index (κ3) is 5.74. The summed E-state index contributed by atoms with van der Waals surface area (Å²) in [6, 6.07) is 0. The van der Waals surface area contributed by atoms with E-state index in [1.54, 1.807) is 0 Å². The van der Waals surface area contributed by atoms with Crippen molar-refractivity contribution in [1.82, 2.24) is 0 Å². The summed E-state index contributed by atoms with van der Waals surface area (Å²) in [6.45, 7) is 12.9. The molecule has 0 aromatic rings. The normalized spacial score (nSPS) is 13.1. The largest absolute Gasteiger partial charge is 0.0837 e. The molecule has 0 amide bonds. The minimum atomic E-state index is -0.00521. The zero-order chi connectivity index (χ0) is 5.91. The minimum Gasteiger partial charge on any atom is -0.0837 e. The van der Waals surface area contributed by atoms with Gasteiger partial charge >= 0.3 is 0 Å². The number of allylic oxidation sites excluding steroid dienone is 2. The highest BCUT2D eigenvalue weighted by Gasteiger charge is 2.01. The molecule has 0 atom stereocenters. The molecule has 0 bridgehead atoms. The second-order valence-electron chi connectivity index (χ2n) is 2.35. The van der Waals surface area contributed by atoms with E-state index in [4.69, 9.17) is 6.92 Å². The predicted octanol–water partition coefficient (Wildman–Crippen LogP) is 2.11. The summed E-state index contributed by atoms with van der Waals surface area (Å²) in [5.74, 6) is 0. The van der Waals surface area contributed by atoms with Gasteiger partial charge in [-0.2, -0.15) is 0 Å². The standard InChI is InChI=1S/C7H11/c1-5-6-7(2,3)4/h1,5-6H,2H2,3-4H3. The molecule has 0 saturated heterocycles. The van der Waals surface area contributed by atoms with Gasteiger partial charge in [-0.25, -0.2) is 0 Å². The topological polar surface area (TPSA) is 0 Å². The molecule has 0 fully saturated rings. The van der Waals surface area contributed by atoms with Gasteiger partial charge < -0.3 is 0 Å². The van der Waals surface area contributed by atoms with Crippen molar-refractivity contribution < 1.29 is 0 Å². The van der Waals surface area contributed by atoms with Crippen LogP contribution in [-0.4, -0.2) is 0 Å². The molecule has 0 aromatic carbocycles. The van der Waals surface area contributed by atoms with E-state index < -0.39 is 0 Å². The molecular weight excluding hydrogens is 84.1 g/mol. The van der Waals surface area contributed by atoms with Gasteiger partial charge in [0.2, 0.25) is 0 Å². The number of rotatable bonds is 1. The number of hydrogen-bond donors (Lipinski definition) is 0. The highest BCUT2D eigenvalue weighted by atomic mass is 14.1. The van der Waals surface area contributed by atoms with Crippen LogP contribution in [0.4, 0.5) is 0 Å². The van der Waals surface area contributed by atoms with Crippen LogP contribution in [0.1, 0.15) is 13.8 Å². The van der Waals surface area contributed by atoms with Crippen molar-refractivity contribution in [2.24, 2.45) is 5.41 Å². The van der Waals surface area contributed by atoms with Crippen LogP contribution in [0.5, 0.6) is 0 Å². The first-order valence-electron chi connectivity index (χ1n) is 2.31. The Morgan fingerprint density at radius 2 is 2.00 bits per heavy atom. The maximum Gasteiger partial charge on any atom is -0.00956 e. The van der Waals surface area contributed by atoms with E-state index in [2.05, 4.69) is 6.92 Å². The summed E-state index contributed by atoms with van der Waals surface area (Å²) < 4.78 is 0. The minimum absolute atomic E-state index is 0.00521. The van der Waals surface area contributed by atoms with Crippen molar-refractivity contribution in [3.8, 4) is 0 Å². The summed E-state index contributed by atoms with van der Waals surface area (Å²) in [7, 11) is 0. The van der Waals surface area contributed by atoms with Gasteiger partial charge in [-0.05, 0) is 19.3 Å². The average Bonchev–Trinajstić information content (AvgIpc) is 1.30. The molecule has 0 aromatic heterocycles. The number of hydrogen-bond acceptors (Lipinski definition) is 0. The molecule has 39 valence electrons. The van der Waals surface area contributed by atoms with Crippen molar-refractivity contribution >= 4 is 0 Å². The van der Waals surface area contributed by atoms with Crippen LogP contribution in [0.2, 0.25) is 0 Å². The van der Waals surface area contributed by atoms with Crippen LogP contribution < -0.4 is 0 Å². The molecule has 0 nitrogen and oxygen atoms in total. The molecule has 0 aliphatic carbocycles. The molecule has 0 aliphatic heterocycles. The van der Waals surface area contributed by atoms with Gasteiger partial charge in [0.15, 0.2) is 0 Å². The Balaban J connectivity index is 3.56. The Morgan fingerprint density at radius 3 is 2.00 bits per heavy atom. The molecule has 0 heteroatoms. The monoisotopic (exact) mass is 95.1 g/mol. The van der Waals surface area contributed by atoms with Crippen LogP contribution in [0.15, 0.2) is 12.2 Å². The maximum absolute atomic E-state index is 5.09. The Bertz CT molecular complexity index is 62.6. The first-order chi connectivity index (χ1) is 3.06. The van der Waals surface area contributed by atoms with E-state index >= 15 is 0 Å². The Labute approximate surface area is 46.2 Å². The van der Waals surface area contributed by atoms with Crippen LogP contribution in [0.25, 0.3) is 0 Å². The Kier molecular flexibility index (Phi) is 2.07. The quantitative estimate of drug-likeness (QED) is 0.468. The zero-order valence-electron chi connectivity index (χ0n) is 4.94. The van der Waals surface area contributed by atoms with Gasteiger partial charge in [0, 0.05) is 0 Å². The van der Waals surface area contributed by atoms with Gasteiger partial charge in [0.05, 0.1) is 0 Å². The maximum atomic E-state index is 5.09. The fraction of sp³-hybridized carbons (Fsp3) is 0.429. The van der Waals surface area contributed by atoms with Crippen LogP contribution in [-0.2, 0) is 0 Å². The predicted molar refractivity (Wildman–Crippen MR) is 32.6 cm³/mol. The van der Waals surface area contributed by atoms with Crippen molar-refractivity contribution in [1.29, 1.82) is 0 Å². The van der Waals surface area contributed by atoms with E-state index in [9.17, 15) is 0 Å². The van der Waals surface area contributed by atoms with Gasteiger partial charge in [-0.3, -0.25) is 0 Å². The molecule has 0 N–H and O–H groups in total. The molecule has 0 rings (SSSR count). The molecule has 0 saturated carbocycles. The van der Waals surface area contributed by atoms with Gasteiger partial charge in [-0.1, -0.05) is 26.0 Å². The smallest absolute Gasteiger partial charge is 0.00956 e. The molecule has 0 aliphatic rings. The first-order valence-corrected chi connectivity index (χ1v) is 2.31. The third-order valence-electron chi connectivity index (χ3n) is 0.547. The lowest BCUT2D eigenvalue weighted by Gasteiger charge is -2.09. The third-order valence-corrected chi connectivity index (χ3v) is 0.547. The Morgan fingerprint density at radius 1 is 1.57 bits per heavy atom. The van der Waals surface area contributed by atoms with Crippen LogP contribution >= 0.6 is 0 Å². The first kappa shape index (κ1) is 6.74. The lowest BCUT2D eigenvalue weighted by atomic mass is 9.97. The summed E-state index contributed by atoms with van der Waals surface area (Å²) in [6.07, 6.45) is 3.38. The van der Waals surface area contributed by atoms with Gasteiger partial charge in [0.1, 0.15) is 0 Å². The van der Waals surface area contributed by atoms with E-state index in [1.165, 1.54) is 6.08 Å². The summed E-state index contributed by atoms with van der Waals surface area (Å²) in [5.41, 5.74) is -0.00521. The van der Waals surface area contributed by atoms with Crippen molar-refractivity contribution in [2.45, 2.75) is 13.8 Å². The second kappa shape index (κ2) is 2.15. The van der Waals surface area contributed by atoms with E-state index in [-0.39, 0.29) is 5.41 Å². The Hall–Kier alpha value is -0.260. The average molecular weight is 95.2 g/mol. The summed E-state index contributed by atoms with van der Waals surface area (Å²) in [4.78, 5) is 0.